The lowest BCUT2D eigenvalue weighted by Crippen LogP contribution is -2.59. The molecule has 1 atom stereocenters. The zero-order valence-electron chi connectivity index (χ0n) is 12.6. The van der Waals surface area contributed by atoms with Crippen molar-refractivity contribution in [1.82, 2.24) is 9.80 Å². The lowest BCUT2D eigenvalue weighted by Gasteiger charge is -2.42. The van der Waals surface area contributed by atoms with Gasteiger partial charge in [0.05, 0.1) is 0 Å². The minimum absolute atomic E-state index is 0.0550. The van der Waals surface area contributed by atoms with E-state index in [0.29, 0.717) is 13.0 Å². The van der Waals surface area contributed by atoms with Gasteiger partial charge in [0.25, 0.3) is 5.91 Å². The van der Waals surface area contributed by atoms with Gasteiger partial charge in [-0.2, -0.15) is 0 Å². The molecule has 2 rings (SSSR count). The number of likely N-dealkylation sites (tertiary alicyclic amines) is 2. The molecular formula is C15H28N2O2. The molecule has 110 valence electrons. The molecule has 2 heterocycles. The first-order chi connectivity index (χ1) is 8.80. The monoisotopic (exact) mass is 268 g/mol. The highest BCUT2D eigenvalue weighted by atomic mass is 16.3. The molecule has 0 aromatic heterocycles. The number of β-amino-alcohol motifs (C(OH)–C–C–N with tert-alkyl or cyclic N) is 1. The van der Waals surface area contributed by atoms with Gasteiger partial charge in [-0.25, -0.2) is 0 Å². The molecule has 4 heteroatoms. The SMILES string of the molecule is CC(C)(C)CN1CCCC(O)(CN2CCCC2)C1=O. The average Bonchev–Trinajstić information content (AvgIpc) is 2.76. The van der Waals surface area contributed by atoms with Crippen LogP contribution in [0.25, 0.3) is 0 Å². The number of piperidine rings is 1. The molecule has 0 bridgehead atoms. The van der Waals surface area contributed by atoms with E-state index >= 15 is 0 Å². The molecule has 0 radical (unpaired) electrons. The van der Waals surface area contributed by atoms with Crippen LogP contribution in [0.3, 0.4) is 0 Å². The molecule has 19 heavy (non-hydrogen) atoms. The van der Waals surface area contributed by atoms with Gasteiger partial charge in [0.2, 0.25) is 0 Å². The van der Waals surface area contributed by atoms with Crippen LogP contribution in [-0.4, -0.2) is 59.1 Å². The lowest BCUT2D eigenvalue weighted by molar-refractivity contribution is -0.160. The van der Waals surface area contributed by atoms with Crippen molar-refractivity contribution < 1.29 is 9.90 Å². The Bertz CT molecular complexity index is 332. The summed E-state index contributed by atoms with van der Waals surface area (Å²) in [7, 11) is 0. The van der Waals surface area contributed by atoms with Crippen LogP contribution in [0.15, 0.2) is 0 Å². The Morgan fingerprint density at radius 3 is 2.37 bits per heavy atom. The van der Waals surface area contributed by atoms with Crippen molar-refractivity contribution in [2.75, 3.05) is 32.7 Å². The van der Waals surface area contributed by atoms with Crippen LogP contribution in [-0.2, 0) is 4.79 Å². The van der Waals surface area contributed by atoms with Crippen molar-refractivity contribution in [2.45, 2.75) is 52.1 Å². The minimum atomic E-state index is -1.14. The Kier molecular flexibility index (Phi) is 4.21. The Morgan fingerprint density at radius 1 is 1.16 bits per heavy atom. The summed E-state index contributed by atoms with van der Waals surface area (Å²) in [5.41, 5.74) is -1.06. The van der Waals surface area contributed by atoms with Crippen LogP contribution in [0.4, 0.5) is 0 Å². The first kappa shape index (κ1) is 14.8. The van der Waals surface area contributed by atoms with Crippen molar-refractivity contribution >= 4 is 5.91 Å². The number of hydrogen-bond acceptors (Lipinski definition) is 3. The van der Waals surface area contributed by atoms with Crippen LogP contribution in [0.2, 0.25) is 0 Å². The average molecular weight is 268 g/mol. The minimum Gasteiger partial charge on any atom is -0.379 e. The molecule has 4 nitrogen and oxygen atoms in total. The number of carbonyl (C=O) groups excluding carboxylic acids is 1. The van der Waals surface area contributed by atoms with Crippen LogP contribution >= 0.6 is 0 Å². The van der Waals surface area contributed by atoms with Gasteiger partial charge in [-0.05, 0) is 44.2 Å². The molecule has 2 saturated heterocycles. The van der Waals surface area contributed by atoms with Gasteiger partial charge in [0.15, 0.2) is 5.60 Å². The van der Waals surface area contributed by atoms with Gasteiger partial charge in [0, 0.05) is 19.6 Å². The number of hydrogen-bond donors (Lipinski definition) is 1. The highest BCUT2D eigenvalue weighted by Crippen LogP contribution is 2.27. The summed E-state index contributed by atoms with van der Waals surface area (Å²) in [5.74, 6) is -0.0550. The quantitative estimate of drug-likeness (QED) is 0.843. The Morgan fingerprint density at radius 2 is 1.79 bits per heavy atom. The standard InChI is InChI=1S/C15H28N2O2/c1-14(2,3)11-17-10-6-7-15(19,13(17)18)12-16-8-4-5-9-16/h19H,4-12H2,1-3H3. The van der Waals surface area contributed by atoms with Crippen molar-refractivity contribution in [3.63, 3.8) is 0 Å². The summed E-state index contributed by atoms with van der Waals surface area (Å²) in [5, 5.41) is 10.7. The summed E-state index contributed by atoms with van der Waals surface area (Å²) in [6.07, 6.45) is 3.90. The van der Waals surface area contributed by atoms with Crippen LogP contribution < -0.4 is 0 Å². The molecule has 1 unspecified atom stereocenters. The third-order valence-electron chi connectivity index (χ3n) is 4.05. The fraction of sp³-hybridized carbons (Fsp3) is 0.933. The predicted octanol–water partition coefficient (Wildman–Crippen LogP) is 1.48. The zero-order valence-corrected chi connectivity index (χ0v) is 12.6. The van der Waals surface area contributed by atoms with Gasteiger partial charge in [0.1, 0.15) is 0 Å². The normalized spacial score (nSPS) is 30.1. The number of amides is 1. The van der Waals surface area contributed by atoms with Crippen LogP contribution in [0, 0.1) is 5.41 Å². The van der Waals surface area contributed by atoms with E-state index in [-0.39, 0.29) is 11.3 Å². The van der Waals surface area contributed by atoms with Crippen LogP contribution in [0.5, 0.6) is 0 Å². The zero-order chi connectivity index (χ0) is 14.1. The van der Waals surface area contributed by atoms with E-state index in [1.807, 2.05) is 4.90 Å². The van der Waals surface area contributed by atoms with E-state index in [2.05, 4.69) is 25.7 Å². The topological polar surface area (TPSA) is 43.8 Å². The second-order valence-electron chi connectivity index (χ2n) is 7.41. The van der Waals surface area contributed by atoms with Crippen molar-refractivity contribution in [3.8, 4) is 0 Å². The van der Waals surface area contributed by atoms with Gasteiger partial charge in [-0.3, -0.25) is 9.69 Å². The largest absolute Gasteiger partial charge is 0.379 e. The molecule has 1 amide bonds. The molecule has 0 aliphatic carbocycles. The highest BCUT2D eigenvalue weighted by molar-refractivity contribution is 5.86. The number of rotatable bonds is 3. The molecule has 2 fully saturated rings. The molecule has 1 N–H and O–H groups in total. The Labute approximate surface area is 116 Å². The number of carbonyl (C=O) groups is 1. The van der Waals surface area contributed by atoms with E-state index in [0.717, 1.165) is 32.6 Å². The van der Waals surface area contributed by atoms with Gasteiger partial charge in [-0.1, -0.05) is 20.8 Å². The molecule has 0 aromatic carbocycles. The molecule has 2 aliphatic heterocycles. The van der Waals surface area contributed by atoms with Crippen LogP contribution in [0.1, 0.15) is 46.5 Å². The second kappa shape index (κ2) is 5.41. The van der Waals surface area contributed by atoms with E-state index in [4.69, 9.17) is 0 Å². The summed E-state index contributed by atoms with van der Waals surface area (Å²) >= 11 is 0. The third kappa shape index (κ3) is 3.69. The summed E-state index contributed by atoms with van der Waals surface area (Å²) in [6, 6.07) is 0. The molecular weight excluding hydrogens is 240 g/mol. The van der Waals surface area contributed by atoms with E-state index in [1.165, 1.54) is 12.8 Å². The Hall–Kier alpha value is -0.610. The maximum Gasteiger partial charge on any atom is 0.255 e. The van der Waals surface area contributed by atoms with E-state index in [1.54, 1.807) is 0 Å². The smallest absolute Gasteiger partial charge is 0.255 e. The Balaban J connectivity index is 2.01. The number of nitrogens with zero attached hydrogens (tertiary/aromatic N) is 2. The van der Waals surface area contributed by atoms with Gasteiger partial charge < -0.3 is 10.0 Å². The van der Waals surface area contributed by atoms with Gasteiger partial charge in [-0.15, -0.1) is 0 Å². The fourth-order valence-corrected chi connectivity index (χ4v) is 3.25. The maximum atomic E-state index is 12.6. The molecule has 0 spiro atoms. The summed E-state index contributed by atoms with van der Waals surface area (Å²) < 4.78 is 0. The van der Waals surface area contributed by atoms with Crippen molar-refractivity contribution in [2.24, 2.45) is 5.41 Å². The summed E-state index contributed by atoms with van der Waals surface area (Å²) in [6.45, 7) is 10.5. The van der Waals surface area contributed by atoms with Crippen molar-refractivity contribution in [1.29, 1.82) is 0 Å². The maximum absolute atomic E-state index is 12.6. The molecule has 0 aromatic rings. The van der Waals surface area contributed by atoms with Gasteiger partial charge >= 0.3 is 0 Å². The summed E-state index contributed by atoms with van der Waals surface area (Å²) in [4.78, 5) is 16.7. The highest BCUT2D eigenvalue weighted by Gasteiger charge is 2.44. The molecule has 0 saturated carbocycles. The van der Waals surface area contributed by atoms with Crippen molar-refractivity contribution in [3.05, 3.63) is 0 Å². The second-order valence-corrected chi connectivity index (χ2v) is 7.41. The predicted molar refractivity (Wildman–Crippen MR) is 75.9 cm³/mol. The molecule has 2 aliphatic rings. The first-order valence-electron chi connectivity index (χ1n) is 7.54. The third-order valence-corrected chi connectivity index (χ3v) is 4.05. The number of aliphatic hydroxyl groups is 1. The first-order valence-corrected chi connectivity index (χ1v) is 7.54. The van der Waals surface area contributed by atoms with E-state index < -0.39 is 5.60 Å². The lowest BCUT2D eigenvalue weighted by atomic mass is 9.88. The van der Waals surface area contributed by atoms with E-state index in [9.17, 15) is 9.90 Å². The fourth-order valence-electron chi connectivity index (χ4n) is 3.25.